The van der Waals surface area contributed by atoms with E-state index in [4.69, 9.17) is 4.52 Å². The van der Waals surface area contributed by atoms with E-state index in [1.54, 1.807) is 25.3 Å². The van der Waals surface area contributed by atoms with Gasteiger partial charge in [-0.25, -0.2) is 0 Å². The van der Waals surface area contributed by atoms with Crippen LogP contribution in [0.15, 0.2) is 22.9 Å². The summed E-state index contributed by atoms with van der Waals surface area (Å²) in [5, 5.41) is 3.68. The molecular formula is C9H6N3O2. The summed E-state index contributed by atoms with van der Waals surface area (Å²) in [6.07, 6.45) is 3.27. The van der Waals surface area contributed by atoms with Crippen molar-refractivity contribution in [1.82, 2.24) is 15.1 Å². The van der Waals surface area contributed by atoms with Gasteiger partial charge in [-0.1, -0.05) is 5.16 Å². The molecule has 0 N–H and O–H groups in total. The molecule has 2 heterocycles. The summed E-state index contributed by atoms with van der Waals surface area (Å²) in [5.41, 5.74) is 0.917. The maximum atomic E-state index is 10.4. The summed E-state index contributed by atoms with van der Waals surface area (Å²) in [6, 6.07) is 3.11. The lowest BCUT2D eigenvalue weighted by Gasteiger charge is -1.92. The Labute approximate surface area is 79.8 Å². The highest BCUT2D eigenvalue weighted by molar-refractivity contribution is 5.76. The van der Waals surface area contributed by atoms with Gasteiger partial charge in [0.05, 0.1) is 0 Å². The lowest BCUT2D eigenvalue weighted by atomic mass is 10.2. The molecule has 0 atom stereocenters. The van der Waals surface area contributed by atoms with Crippen LogP contribution in [0.25, 0.3) is 11.5 Å². The van der Waals surface area contributed by atoms with E-state index in [1.165, 1.54) is 6.20 Å². The first-order valence-corrected chi connectivity index (χ1v) is 3.94. The molecule has 2 aromatic heterocycles. The minimum absolute atomic E-state index is 0.375. The van der Waals surface area contributed by atoms with Crippen LogP contribution in [0.3, 0.4) is 0 Å². The fraction of sp³-hybridized carbons (Fsp3) is 0.111. The molecule has 0 saturated carbocycles. The third kappa shape index (κ3) is 1.52. The Morgan fingerprint density at radius 2 is 2.36 bits per heavy atom. The monoisotopic (exact) mass is 188 g/mol. The Kier molecular flexibility index (Phi) is 2.06. The molecule has 0 unspecified atom stereocenters. The number of hydrogen-bond acceptors (Lipinski definition) is 5. The molecule has 0 aliphatic heterocycles. The van der Waals surface area contributed by atoms with E-state index in [1.807, 2.05) is 0 Å². The second kappa shape index (κ2) is 3.37. The van der Waals surface area contributed by atoms with Gasteiger partial charge in [-0.05, 0) is 12.1 Å². The molecule has 5 nitrogen and oxygen atoms in total. The number of aromatic nitrogens is 3. The Morgan fingerprint density at radius 3 is 3.00 bits per heavy atom. The summed E-state index contributed by atoms with van der Waals surface area (Å²) in [4.78, 5) is 18.4. The summed E-state index contributed by atoms with van der Waals surface area (Å²) < 4.78 is 4.79. The standard InChI is InChI=1S/C9H6N3O2/c1-6-11-9(12-14-6)8-4-7(5-13)2-3-10-8/h2-4H,1H3. The van der Waals surface area contributed by atoms with Crippen molar-refractivity contribution in [2.24, 2.45) is 0 Å². The number of pyridine rings is 1. The number of hydrogen-bond donors (Lipinski definition) is 0. The number of carbonyl (C=O) groups excluding carboxylic acids is 1. The van der Waals surface area contributed by atoms with Crippen LogP contribution in [0.1, 0.15) is 11.5 Å². The lowest BCUT2D eigenvalue weighted by molar-refractivity contribution is 0.394. The first kappa shape index (κ1) is 8.55. The molecule has 0 amide bonds. The quantitative estimate of drug-likeness (QED) is 0.700. The van der Waals surface area contributed by atoms with E-state index in [0.717, 1.165) is 0 Å². The predicted octanol–water partition coefficient (Wildman–Crippen LogP) is 0.898. The Bertz CT molecular complexity index is 465. The highest BCUT2D eigenvalue weighted by Crippen LogP contribution is 2.12. The van der Waals surface area contributed by atoms with Gasteiger partial charge >= 0.3 is 0 Å². The molecule has 0 saturated heterocycles. The van der Waals surface area contributed by atoms with Crippen LogP contribution >= 0.6 is 0 Å². The fourth-order valence-corrected chi connectivity index (χ4v) is 1.02. The fourth-order valence-electron chi connectivity index (χ4n) is 1.02. The van der Waals surface area contributed by atoms with Crippen molar-refractivity contribution in [3.8, 4) is 11.5 Å². The molecule has 0 spiro atoms. The van der Waals surface area contributed by atoms with Crippen LogP contribution in [0.5, 0.6) is 0 Å². The third-order valence-corrected chi connectivity index (χ3v) is 1.63. The van der Waals surface area contributed by atoms with Crippen molar-refractivity contribution in [2.75, 3.05) is 0 Å². The SMILES string of the molecule is Cc1nc(-c2cc([C]=O)ccn2)no1. The molecule has 69 valence electrons. The van der Waals surface area contributed by atoms with Gasteiger partial charge in [0.1, 0.15) is 5.69 Å². The predicted molar refractivity (Wildman–Crippen MR) is 47.1 cm³/mol. The Balaban J connectivity index is 2.46. The zero-order valence-corrected chi connectivity index (χ0v) is 7.39. The van der Waals surface area contributed by atoms with Gasteiger partial charge in [0.25, 0.3) is 0 Å². The van der Waals surface area contributed by atoms with Crippen LogP contribution in [0, 0.1) is 6.92 Å². The van der Waals surface area contributed by atoms with Crippen LogP contribution in [0.2, 0.25) is 0 Å². The third-order valence-electron chi connectivity index (χ3n) is 1.63. The normalized spacial score (nSPS) is 10.1. The molecule has 0 fully saturated rings. The van der Waals surface area contributed by atoms with Crippen molar-refractivity contribution < 1.29 is 9.32 Å². The highest BCUT2D eigenvalue weighted by atomic mass is 16.5. The molecule has 0 aromatic carbocycles. The molecule has 2 aromatic rings. The van der Waals surface area contributed by atoms with E-state index in [0.29, 0.717) is 23.0 Å². The van der Waals surface area contributed by atoms with Gasteiger partial charge in [-0.15, -0.1) is 0 Å². The minimum atomic E-state index is 0.375. The molecule has 14 heavy (non-hydrogen) atoms. The topological polar surface area (TPSA) is 68.9 Å². The zero-order valence-electron chi connectivity index (χ0n) is 7.39. The van der Waals surface area contributed by atoms with Crippen LogP contribution < -0.4 is 0 Å². The van der Waals surface area contributed by atoms with Gasteiger partial charge in [-0.2, -0.15) is 4.98 Å². The lowest BCUT2D eigenvalue weighted by Crippen LogP contribution is -1.88. The second-order valence-corrected chi connectivity index (χ2v) is 2.67. The summed E-state index contributed by atoms with van der Waals surface area (Å²) in [6.45, 7) is 1.69. The Morgan fingerprint density at radius 1 is 1.50 bits per heavy atom. The molecule has 1 radical (unpaired) electrons. The minimum Gasteiger partial charge on any atom is -0.339 e. The van der Waals surface area contributed by atoms with E-state index in [9.17, 15) is 4.79 Å². The molecule has 5 heteroatoms. The van der Waals surface area contributed by atoms with Crippen LogP contribution in [-0.4, -0.2) is 21.4 Å². The van der Waals surface area contributed by atoms with Gasteiger partial charge in [0, 0.05) is 18.7 Å². The molecular weight excluding hydrogens is 182 g/mol. The van der Waals surface area contributed by atoms with Crippen molar-refractivity contribution in [3.05, 3.63) is 29.8 Å². The van der Waals surface area contributed by atoms with E-state index >= 15 is 0 Å². The van der Waals surface area contributed by atoms with Crippen molar-refractivity contribution in [2.45, 2.75) is 6.92 Å². The summed E-state index contributed by atoms with van der Waals surface area (Å²) >= 11 is 0. The summed E-state index contributed by atoms with van der Waals surface area (Å²) in [7, 11) is 0. The van der Waals surface area contributed by atoms with E-state index in [-0.39, 0.29) is 0 Å². The van der Waals surface area contributed by atoms with Gasteiger partial charge in [0.15, 0.2) is 0 Å². The number of rotatable bonds is 2. The Hall–Kier alpha value is -2.04. The molecule has 2 rings (SSSR count). The zero-order chi connectivity index (χ0) is 9.97. The average molecular weight is 188 g/mol. The van der Waals surface area contributed by atoms with Crippen LogP contribution in [0.4, 0.5) is 0 Å². The van der Waals surface area contributed by atoms with E-state index < -0.39 is 0 Å². The van der Waals surface area contributed by atoms with Crippen molar-refractivity contribution in [3.63, 3.8) is 0 Å². The van der Waals surface area contributed by atoms with Crippen molar-refractivity contribution >= 4 is 6.29 Å². The molecule has 0 aliphatic carbocycles. The maximum absolute atomic E-state index is 10.4. The smallest absolute Gasteiger partial charge is 0.233 e. The van der Waals surface area contributed by atoms with Crippen molar-refractivity contribution in [1.29, 1.82) is 0 Å². The molecule has 0 bridgehead atoms. The first-order chi connectivity index (χ1) is 6.79. The number of aryl methyl sites for hydroxylation is 1. The highest BCUT2D eigenvalue weighted by Gasteiger charge is 2.07. The first-order valence-electron chi connectivity index (χ1n) is 3.94. The summed E-state index contributed by atoms with van der Waals surface area (Å²) in [5.74, 6) is 0.835. The second-order valence-electron chi connectivity index (χ2n) is 2.67. The van der Waals surface area contributed by atoms with Gasteiger partial charge < -0.3 is 4.52 Å². The largest absolute Gasteiger partial charge is 0.339 e. The number of nitrogens with zero attached hydrogens (tertiary/aromatic N) is 3. The van der Waals surface area contributed by atoms with E-state index in [2.05, 4.69) is 15.1 Å². The molecule has 0 aliphatic rings. The average Bonchev–Trinajstić information content (AvgIpc) is 2.65. The van der Waals surface area contributed by atoms with Gasteiger partial charge in [-0.3, -0.25) is 9.78 Å². The van der Waals surface area contributed by atoms with Gasteiger partial charge in [0.2, 0.25) is 18.0 Å². The van der Waals surface area contributed by atoms with Crippen LogP contribution in [-0.2, 0) is 4.79 Å². The maximum Gasteiger partial charge on any atom is 0.233 e.